The average Bonchev–Trinajstić information content (AvgIpc) is 3.15. The van der Waals surface area contributed by atoms with Crippen LogP contribution in [-0.2, 0) is 47.9 Å². The summed E-state index contributed by atoms with van der Waals surface area (Å²) in [7, 11) is 0. The molecule has 0 unspecified atom stereocenters. The van der Waals surface area contributed by atoms with Crippen molar-refractivity contribution >= 4 is 59.3 Å². The largest absolute Gasteiger partial charge is 0.481 e. The predicted octanol–water partition coefficient (Wildman–Crippen LogP) is 1.05. The molecule has 0 spiro atoms. The van der Waals surface area contributed by atoms with Crippen LogP contribution in [0.4, 0.5) is 0 Å². The van der Waals surface area contributed by atoms with E-state index < -0.39 is 134 Å². The first-order valence-corrected chi connectivity index (χ1v) is 20.4. The van der Waals surface area contributed by atoms with E-state index in [9.17, 15) is 63.3 Å². The predicted molar refractivity (Wildman–Crippen MR) is 210 cm³/mol. The van der Waals surface area contributed by atoms with E-state index in [1.54, 1.807) is 34.6 Å². The van der Waals surface area contributed by atoms with E-state index in [0.717, 1.165) is 32.1 Å². The molecule has 1 fully saturated rings. The van der Waals surface area contributed by atoms with Crippen LogP contribution >= 0.6 is 0 Å². The summed E-state index contributed by atoms with van der Waals surface area (Å²) >= 11 is 0. The number of rotatable bonds is 28. The van der Waals surface area contributed by atoms with Gasteiger partial charge >= 0.3 is 23.9 Å². The highest BCUT2D eigenvalue weighted by atomic mass is 16.4. The number of carbonyl (C=O) groups is 10. The highest BCUT2D eigenvalue weighted by Gasteiger charge is 2.36. The van der Waals surface area contributed by atoms with Crippen LogP contribution in [0.5, 0.6) is 0 Å². The molecule has 0 aliphatic heterocycles. The van der Waals surface area contributed by atoms with E-state index in [4.69, 9.17) is 5.11 Å². The van der Waals surface area contributed by atoms with Crippen LogP contribution in [0.2, 0.25) is 0 Å². The van der Waals surface area contributed by atoms with E-state index >= 15 is 0 Å². The molecule has 7 atom stereocenters. The van der Waals surface area contributed by atoms with Gasteiger partial charge in [0, 0.05) is 12.8 Å². The number of hydrogen-bond acceptors (Lipinski definition) is 10. The highest BCUT2D eigenvalue weighted by Crippen LogP contribution is 2.27. The molecule has 0 radical (unpaired) electrons. The molecular weight excluding hydrogens is 776 g/mol. The zero-order valence-corrected chi connectivity index (χ0v) is 34.7. The summed E-state index contributed by atoms with van der Waals surface area (Å²) in [6, 6.07) is -8.27. The Hall–Kier alpha value is -5.30. The SMILES string of the molecule is CCC[C@H](NC(=O)[C@H](CC1CCCCC1)NC(=O)[C@@H](NC(=O)[C@H](CC(C)C)NC(=O)[C@@H](CCC(=O)O)NC(=O)[C@H](CC(=O)O)NC(=O)CCC(=O)O)[C@@H](C)CC)C(=O)O. The Labute approximate surface area is 344 Å². The summed E-state index contributed by atoms with van der Waals surface area (Å²) in [5.74, 6) is -11.4. The molecule has 20 heteroatoms. The third-order valence-corrected chi connectivity index (χ3v) is 10.1. The van der Waals surface area contributed by atoms with Crippen LogP contribution in [0.3, 0.4) is 0 Å². The summed E-state index contributed by atoms with van der Waals surface area (Å²) in [5.41, 5.74) is 0. The fourth-order valence-electron chi connectivity index (χ4n) is 6.68. The molecule has 20 nitrogen and oxygen atoms in total. The molecule has 0 aromatic heterocycles. The number of amides is 6. The molecule has 0 aromatic carbocycles. The Bertz CT molecular complexity index is 1480. The van der Waals surface area contributed by atoms with Gasteiger partial charge in [-0.25, -0.2) is 4.79 Å². The van der Waals surface area contributed by atoms with Crippen molar-refractivity contribution in [2.45, 2.75) is 167 Å². The van der Waals surface area contributed by atoms with Gasteiger partial charge in [0.2, 0.25) is 35.4 Å². The lowest BCUT2D eigenvalue weighted by molar-refractivity contribution is -0.143. The standard InChI is InChI=1S/C39H64N6O14/c1-6-11-25(39(58)59)42-35(54)27(19-23-12-9-8-10-13-23)44-38(57)33(22(5)7-2)45-37(56)26(18-21(3)4)43-34(53)24(14-16-30(47)48)41-36(55)28(20-32(51)52)40-29(46)15-17-31(49)50/h21-28,33H,6-20H2,1-5H3,(H,40,46)(H,41,55)(H,42,54)(H,43,53)(H,44,57)(H,45,56)(H,47,48)(H,49,50)(H,51,52)(H,58,59)/t22-,24+,25-,26-,27-,28-,33-/m0/s1. The third kappa shape index (κ3) is 20.3. The summed E-state index contributed by atoms with van der Waals surface area (Å²) in [5, 5.41) is 52.1. The monoisotopic (exact) mass is 840 g/mol. The lowest BCUT2D eigenvalue weighted by Crippen LogP contribution is -2.61. The average molecular weight is 841 g/mol. The van der Waals surface area contributed by atoms with Gasteiger partial charge < -0.3 is 52.3 Å². The number of aliphatic carboxylic acids is 4. The molecule has 0 aromatic rings. The first-order valence-electron chi connectivity index (χ1n) is 20.4. The minimum Gasteiger partial charge on any atom is -0.481 e. The summed E-state index contributed by atoms with van der Waals surface area (Å²) in [6.45, 7) is 8.74. The minimum absolute atomic E-state index is 0.00794. The van der Waals surface area contributed by atoms with E-state index in [1.807, 2.05) is 0 Å². The smallest absolute Gasteiger partial charge is 0.326 e. The van der Waals surface area contributed by atoms with Gasteiger partial charge in [0.05, 0.1) is 12.8 Å². The van der Waals surface area contributed by atoms with Crippen molar-refractivity contribution in [3.05, 3.63) is 0 Å². The van der Waals surface area contributed by atoms with Crippen LogP contribution in [-0.4, -0.2) is 116 Å². The van der Waals surface area contributed by atoms with Crippen LogP contribution in [0.15, 0.2) is 0 Å². The lowest BCUT2D eigenvalue weighted by Gasteiger charge is -2.31. The van der Waals surface area contributed by atoms with Crippen LogP contribution in [0.25, 0.3) is 0 Å². The zero-order valence-electron chi connectivity index (χ0n) is 34.7. The van der Waals surface area contributed by atoms with Crippen molar-refractivity contribution in [3.63, 3.8) is 0 Å². The van der Waals surface area contributed by atoms with Gasteiger partial charge in [0.1, 0.15) is 36.3 Å². The molecular formula is C39H64N6O14. The van der Waals surface area contributed by atoms with Crippen molar-refractivity contribution in [3.8, 4) is 0 Å². The van der Waals surface area contributed by atoms with Gasteiger partial charge in [-0.05, 0) is 43.4 Å². The van der Waals surface area contributed by atoms with Gasteiger partial charge in [0.25, 0.3) is 0 Å². The molecule has 59 heavy (non-hydrogen) atoms. The van der Waals surface area contributed by atoms with Crippen molar-refractivity contribution < 1.29 is 68.4 Å². The normalized spacial score (nSPS) is 16.4. The molecule has 1 rings (SSSR count). The van der Waals surface area contributed by atoms with Crippen molar-refractivity contribution in [2.24, 2.45) is 17.8 Å². The summed E-state index contributed by atoms with van der Waals surface area (Å²) in [4.78, 5) is 126. The number of carboxylic acid groups (broad SMARTS) is 4. The Kier molecular flexibility index (Phi) is 23.4. The molecule has 0 saturated heterocycles. The van der Waals surface area contributed by atoms with Gasteiger partial charge in [-0.3, -0.25) is 43.2 Å². The third-order valence-electron chi connectivity index (χ3n) is 10.1. The first-order chi connectivity index (χ1) is 27.7. The maximum absolute atomic E-state index is 14.0. The number of nitrogens with one attached hydrogen (secondary N) is 6. The maximum Gasteiger partial charge on any atom is 0.326 e. The Balaban J connectivity index is 3.38. The Morgan fingerprint density at radius 3 is 1.59 bits per heavy atom. The molecule has 0 heterocycles. The quantitative estimate of drug-likeness (QED) is 0.0527. The van der Waals surface area contributed by atoms with Gasteiger partial charge in [-0.2, -0.15) is 0 Å². The first kappa shape index (κ1) is 51.7. The van der Waals surface area contributed by atoms with Gasteiger partial charge in [-0.15, -0.1) is 0 Å². The van der Waals surface area contributed by atoms with Crippen LogP contribution in [0, 0.1) is 17.8 Å². The fraction of sp³-hybridized carbons (Fsp3) is 0.744. The fourth-order valence-corrected chi connectivity index (χ4v) is 6.68. The Morgan fingerprint density at radius 1 is 0.542 bits per heavy atom. The second-order valence-corrected chi connectivity index (χ2v) is 15.7. The van der Waals surface area contributed by atoms with Crippen LogP contribution in [0.1, 0.15) is 131 Å². The molecule has 1 aliphatic carbocycles. The minimum atomic E-state index is -1.77. The maximum atomic E-state index is 14.0. The number of carboxylic acids is 4. The molecule has 6 amide bonds. The second kappa shape index (κ2) is 26.7. The number of carbonyl (C=O) groups excluding carboxylic acids is 6. The van der Waals surface area contributed by atoms with E-state index in [-0.39, 0.29) is 31.1 Å². The summed E-state index contributed by atoms with van der Waals surface area (Å²) < 4.78 is 0. The highest BCUT2D eigenvalue weighted by molar-refractivity contribution is 5.97. The van der Waals surface area contributed by atoms with Crippen molar-refractivity contribution in [1.82, 2.24) is 31.9 Å². The molecule has 334 valence electrons. The van der Waals surface area contributed by atoms with E-state index in [0.29, 0.717) is 12.8 Å². The van der Waals surface area contributed by atoms with Crippen molar-refractivity contribution in [2.75, 3.05) is 0 Å². The topological polar surface area (TPSA) is 324 Å². The number of hydrogen-bond donors (Lipinski definition) is 10. The van der Waals surface area contributed by atoms with E-state index in [2.05, 4.69) is 31.9 Å². The molecule has 0 bridgehead atoms. The van der Waals surface area contributed by atoms with Gasteiger partial charge in [0.15, 0.2) is 0 Å². The molecule has 10 N–H and O–H groups in total. The Morgan fingerprint density at radius 2 is 1.07 bits per heavy atom. The van der Waals surface area contributed by atoms with E-state index in [1.165, 1.54) is 0 Å². The molecule has 1 saturated carbocycles. The van der Waals surface area contributed by atoms with Crippen LogP contribution < -0.4 is 31.9 Å². The van der Waals surface area contributed by atoms with Gasteiger partial charge in [-0.1, -0.05) is 79.6 Å². The lowest BCUT2D eigenvalue weighted by atomic mass is 9.84. The van der Waals surface area contributed by atoms with Crippen molar-refractivity contribution in [1.29, 1.82) is 0 Å². The zero-order chi connectivity index (χ0) is 44.8. The second-order valence-electron chi connectivity index (χ2n) is 15.7. The summed E-state index contributed by atoms with van der Waals surface area (Å²) in [6.07, 6.45) is 2.59. The molecule has 1 aliphatic rings.